The maximum atomic E-state index is 11.9. The molecular formula is C14H11BrN2O. The number of amides is 1. The zero-order chi connectivity index (χ0) is 12.5. The largest absolute Gasteiger partial charge is 0.370 e. The van der Waals surface area contributed by atoms with Gasteiger partial charge >= 0.3 is 0 Å². The predicted octanol–water partition coefficient (Wildman–Crippen LogP) is 3.55. The molecule has 3 nitrogen and oxygen atoms in total. The number of anilines is 2. The summed E-state index contributed by atoms with van der Waals surface area (Å²) in [5.41, 5.74) is 2.79. The van der Waals surface area contributed by atoms with Crippen molar-refractivity contribution in [2.45, 2.75) is 6.04 Å². The van der Waals surface area contributed by atoms with Crippen LogP contribution < -0.4 is 10.6 Å². The van der Waals surface area contributed by atoms with E-state index in [4.69, 9.17) is 0 Å². The molecule has 0 fully saturated rings. The van der Waals surface area contributed by atoms with Gasteiger partial charge in [0.1, 0.15) is 6.04 Å². The smallest absolute Gasteiger partial charge is 0.251 e. The molecular weight excluding hydrogens is 292 g/mol. The molecule has 0 aromatic heterocycles. The van der Waals surface area contributed by atoms with Crippen LogP contribution in [-0.2, 0) is 4.79 Å². The third-order valence-corrected chi connectivity index (χ3v) is 3.42. The number of nitrogens with one attached hydrogen (secondary N) is 2. The van der Waals surface area contributed by atoms with Gasteiger partial charge in [0.05, 0.1) is 0 Å². The molecule has 2 aromatic carbocycles. The summed E-state index contributed by atoms with van der Waals surface area (Å²) in [6.45, 7) is 0. The highest BCUT2D eigenvalue weighted by Gasteiger charge is 2.29. The Kier molecular flexibility index (Phi) is 2.80. The Morgan fingerprint density at radius 3 is 2.78 bits per heavy atom. The normalized spacial score (nSPS) is 17.2. The number of para-hydroxylation sites is 1. The Bertz CT molecular complexity index is 612. The number of hydrogen-bond donors (Lipinski definition) is 2. The van der Waals surface area contributed by atoms with Crippen molar-refractivity contribution in [3.8, 4) is 0 Å². The molecule has 1 amide bonds. The highest BCUT2D eigenvalue weighted by molar-refractivity contribution is 9.10. The zero-order valence-corrected chi connectivity index (χ0v) is 11.1. The number of rotatable bonds is 2. The molecule has 0 saturated heterocycles. The van der Waals surface area contributed by atoms with Crippen molar-refractivity contribution in [1.82, 2.24) is 0 Å². The van der Waals surface area contributed by atoms with Crippen molar-refractivity contribution in [3.05, 3.63) is 58.6 Å². The third kappa shape index (κ3) is 1.99. The molecule has 1 atom stereocenters. The molecule has 2 N–H and O–H groups in total. The Labute approximate surface area is 113 Å². The molecule has 3 rings (SSSR count). The van der Waals surface area contributed by atoms with Gasteiger partial charge in [0, 0.05) is 21.4 Å². The van der Waals surface area contributed by atoms with Gasteiger partial charge in [-0.1, -0.05) is 40.2 Å². The van der Waals surface area contributed by atoms with Crippen LogP contribution in [0.25, 0.3) is 0 Å². The molecule has 0 spiro atoms. The monoisotopic (exact) mass is 302 g/mol. The quantitative estimate of drug-likeness (QED) is 0.890. The molecule has 0 radical (unpaired) electrons. The number of halogens is 1. The lowest BCUT2D eigenvalue weighted by molar-refractivity contribution is -0.116. The standard InChI is InChI=1S/C14H11BrN2O/c15-9-4-3-5-10(8-9)16-13-11-6-1-2-7-12(11)17-14(13)18/h1-8,13,16H,(H,17,18). The lowest BCUT2D eigenvalue weighted by Crippen LogP contribution is -2.19. The van der Waals surface area contributed by atoms with Crippen LogP contribution in [-0.4, -0.2) is 5.91 Å². The molecule has 1 aliphatic rings. The molecule has 90 valence electrons. The number of hydrogen-bond acceptors (Lipinski definition) is 2. The molecule has 0 bridgehead atoms. The topological polar surface area (TPSA) is 41.1 Å². The average Bonchev–Trinajstić information content (AvgIpc) is 2.66. The Hall–Kier alpha value is -1.81. The van der Waals surface area contributed by atoms with Crippen LogP contribution in [0.1, 0.15) is 11.6 Å². The van der Waals surface area contributed by atoms with Crippen LogP contribution in [0.4, 0.5) is 11.4 Å². The van der Waals surface area contributed by atoms with Gasteiger partial charge in [-0.05, 0) is 24.3 Å². The van der Waals surface area contributed by atoms with Gasteiger partial charge in [-0.15, -0.1) is 0 Å². The summed E-state index contributed by atoms with van der Waals surface area (Å²) in [6.07, 6.45) is 0. The van der Waals surface area contributed by atoms with Crippen LogP contribution in [0.2, 0.25) is 0 Å². The molecule has 1 heterocycles. The molecule has 4 heteroatoms. The minimum Gasteiger partial charge on any atom is -0.370 e. The molecule has 18 heavy (non-hydrogen) atoms. The second-order valence-corrected chi connectivity index (χ2v) is 5.08. The molecule has 0 saturated carbocycles. The van der Waals surface area contributed by atoms with E-state index in [1.807, 2.05) is 48.5 Å². The first-order valence-electron chi connectivity index (χ1n) is 5.66. The van der Waals surface area contributed by atoms with Gasteiger partial charge < -0.3 is 10.6 Å². The summed E-state index contributed by atoms with van der Waals surface area (Å²) in [5.74, 6) is -0.0174. The average molecular weight is 303 g/mol. The fourth-order valence-electron chi connectivity index (χ4n) is 2.10. The predicted molar refractivity (Wildman–Crippen MR) is 75.6 cm³/mol. The van der Waals surface area contributed by atoms with E-state index in [1.165, 1.54) is 0 Å². The van der Waals surface area contributed by atoms with E-state index in [-0.39, 0.29) is 11.9 Å². The van der Waals surface area contributed by atoms with Crippen LogP contribution in [0.3, 0.4) is 0 Å². The van der Waals surface area contributed by atoms with Gasteiger partial charge in [0.25, 0.3) is 5.91 Å². The Morgan fingerprint density at radius 1 is 1.11 bits per heavy atom. The van der Waals surface area contributed by atoms with E-state index >= 15 is 0 Å². The SMILES string of the molecule is O=C1Nc2ccccc2C1Nc1cccc(Br)c1. The number of carbonyl (C=O) groups is 1. The number of benzene rings is 2. The van der Waals surface area contributed by atoms with E-state index < -0.39 is 0 Å². The Morgan fingerprint density at radius 2 is 1.94 bits per heavy atom. The second kappa shape index (κ2) is 4.46. The van der Waals surface area contributed by atoms with Crippen molar-refractivity contribution in [1.29, 1.82) is 0 Å². The lowest BCUT2D eigenvalue weighted by Gasteiger charge is -2.13. The van der Waals surface area contributed by atoms with Crippen molar-refractivity contribution >= 4 is 33.2 Å². The van der Waals surface area contributed by atoms with E-state index in [0.29, 0.717) is 0 Å². The summed E-state index contributed by atoms with van der Waals surface area (Å²) < 4.78 is 0.985. The molecule has 2 aromatic rings. The van der Waals surface area contributed by atoms with Crippen LogP contribution >= 0.6 is 15.9 Å². The zero-order valence-electron chi connectivity index (χ0n) is 9.48. The highest BCUT2D eigenvalue weighted by Crippen LogP contribution is 2.33. The highest BCUT2D eigenvalue weighted by atomic mass is 79.9. The minimum atomic E-state index is -0.324. The Balaban J connectivity index is 1.91. The van der Waals surface area contributed by atoms with Crippen molar-refractivity contribution in [3.63, 3.8) is 0 Å². The van der Waals surface area contributed by atoms with Crippen molar-refractivity contribution in [2.24, 2.45) is 0 Å². The second-order valence-electron chi connectivity index (χ2n) is 4.16. The van der Waals surface area contributed by atoms with Crippen molar-refractivity contribution < 1.29 is 4.79 Å². The summed E-state index contributed by atoms with van der Waals surface area (Å²) in [5, 5.41) is 6.11. The maximum absolute atomic E-state index is 11.9. The first-order valence-corrected chi connectivity index (χ1v) is 6.45. The van der Waals surface area contributed by atoms with Gasteiger partial charge in [-0.3, -0.25) is 4.79 Å². The molecule has 0 aliphatic carbocycles. The molecule has 1 aliphatic heterocycles. The van der Waals surface area contributed by atoms with E-state index in [1.54, 1.807) is 0 Å². The summed E-state index contributed by atoms with van der Waals surface area (Å²) in [6, 6.07) is 15.2. The molecule has 1 unspecified atom stereocenters. The summed E-state index contributed by atoms with van der Waals surface area (Å²) in [7, 11) is 0. The van der Waals surface area contributed by atoms with Crippen molar-refractivity contribution in [2.75, 3.05) is 10.6 Å². The summed E-state index contributed by atoms with van der Waals surface area (Å²) in [4.78, 5) is 11.9. The van der Waals surface area contributed by atoms with Gasteiger partial charge in [0.15, 0.2) is 0 Å². The minimum absolute atomic E-state index is 0.0174. The van der Waals surface area contributed by atoms with Gasteiger partial charge in [-0.25, -0.2) is 0 Å². The van der Waals surface area contributed by atoms with Gasteiger partial charge in [0.2, 0.25) is 0 Å². The third-order valence-electron chi connectivity index (χ3n) is 2.93. The van der Waals surface area contributed by atoms with E-state index in [9.17, 15) is 4.79 Å². The van der Waals surface area contributed by atoms with Crippen LogP contribution in [0, 0.1) is 0 Å². The summed E-state index contributed by atoms with van der Waals surface area (Å²) >= 11 is 3.42. The number of fused-ring (bicyclic) bond motifs is 1. The fourth-order valence-corrected chi connectivity index (χ4v) is 2.50. The number of carbonyl (C=O) groups excluding carboxylic acids is 1. The van der Waals surface area contributed by atoms with Gasteiger partial charge in [-0.2, -0.15) is 0 Å². The first-order chi connectivity index (χ1) is 8.74. The van der Waals surface area contributed by atoms with Crippen LogP contribution in [0.15, 0.2) is 53.0 Å². The van der Waals surface area contributed by atoms with E-state index in [2.05, 4.69) is 26.6 Å². The fraction of sp³-hybridized carbons (Fsp3) is 0.0714. The first kappa shape index (κ1) is 11.3. The van der Waals surface area contributed by atoms with Crippen LogP contribution in [0.5, 0.6) is 0 Å². The van der Waals surface area contributed by atoms with E-state index in [0.717, 1.165) is 21.4 Å². The lowest BCUT2D eigenvalue weighted by atomic mass is 10.1. The maximum Gasteiger partial charge on any atom is 0.251 e.